The number of ether oxygens (including phenoxy) is 1. The maximum absolute atomic E-state index is 11.7. The lowest BCUT2D eigenvalue weighted by Crippen LogP contribution is -2.47. The summed E-state index contributed by atoms with van der Waals surface area (Å²) >= 11 is 4.89. The molecule has 0 radical (unpaired) electrons. The van der Waals surface area contributed by atoms with E-state index in [0.29, 0.717) is 11.4 Å². The summed E-state index contributed by atoms with van der Waals surface area (Å²) in [6.07, 6.45) is 0.0339. The average molecular weight is 260 g/mol. The second-order valence-corrected chi connectivity index (χ2v) is 6.76. The van der Waals surface area contributed by atoms with E-state index in [-0.39, 0.29) is 11.5 Å². The van der Waals surface area contributed by atoms with Gasteiger partial charge in [-0.1, -0.05) is 33.0 Å². The van der Waals surface area contributed by atoms with Gasteiger partial charge in [-0.15, -0.1) is 0 Å². The highest BCUT2D eigenvalue weighted by molar-refractivity contribution is 7.80. The van der Waals surface area contributed by atoms with Crippen molar-refractivity contribution in [1.29, 1.82) is 0 Å². The summed E-state index contributed by atoms with van der Waals surface area (Å²) in [6, 6.07) is -0.130. The van der Waals surface area contributed by atoms with Crippen molar-refractivity contribution in [3.8, 4) is 0 Å². The molecular formula is C12H24N2O2S. The largest absolute Gasteiger partial charge is 0.444 e. The highest BCUT2D eigenvalue weighted by Crippen LogP contribution is 2.22. The second-order valence-electron chi connectivity index (χ2n) is 6.24. The number of rotatable bonds is 3. The predicted octanol–water partition coefficient (Wildman–Crippen LogP) is 2.60. The van der Waals surface area contributed by atoms with Crippen molar-refractivity contribution < 1.29 is 9.53 Å². The van der Waals surface area contributed by atoms with Crippen LogP contribution in [0, 0.1) is 5.41 Å². The normalized spacial score (nSPS) is 14.0. The molecule has 0 fully saturated rings. The van der Waals surface area contributed by atoms with Gasteiger partial charge in [0, 0.05) is 12.5 Å². The van der Waals surface area contributed by atoms with Crippen molar-refractivity contribution in [3.63, 3.8) is 0 Å². The molecule has 100 valence electrons. The highest BCUT2D eigenvalue weighted by atomic mass is 32.1. The topological polar surface area (TPSA) is 64.3 Å². The zero-order valence-corrected chi connectivity index (χ0v) is 12.4. The number of nitrogens with one attached hydrogen (secondary N) is 1. The predicted molar refractivity (Wildman–Crippen MR) is 74.0 cm³/mol. The maximum atomic E-state index is 11.7. The molecule has 1 atom stereocenters. The molecule has 0 saturated carbocycles. The smallest absolute Gasteiger partial charge is 0.407 e. The number of carbonyl (C=O) groups is 1. The summed E-state index contributed by atoms with van der Waals surface area (Å²) in [5.41, 5.74) is 4.90. The fourth-order valence-electron chi connectivity index (χ4n) is 1.22. The zero-order chi connectivity index (χ0) is 13.9. The molecular weight excluding hydrogens is 236 g/mol. The molecule has 0 aromatic heterocycles. The molecule has 1 amide bonds. The molecule has 0 aliphatic heterocycles. The Morgan fingerprint density at radius 3 is 2.06 bits per heavy atom. The molecule has 1 unspecified atom stereocenters. The third-order valence-corrected chi connectivity index (χ3v) is 2.31. The molecule has 0 saturated heterocycles. The molecule has 0 bridgehead atoms. The monoisotopic (exact) mass is 260 g/mol. The first kappa shape index (κ1) is 16.2. The molecule has 0 heterocycles. The van der Waals surface area contributed by atoms with E-state index in [4.69, 9.17) is 22.7 Å². The van der Waals surface area contributed by atoms with Crippen LogP contribution in [0.4, 0.5) is 4.79 Å². The first-order valence-electron chi connectivity index (χ1n) is 5.69. The van der Waals surface area contributed by atoms with Crippen molar-refractivity contribution >= 4 is 23.3 Å². The van der Waals surface area contributed by atoms with Crippen LogP contribution in [0.15, 0.2) is 0 Å². The zero-order valence-electron chi connectivity index (χ0n) is 11.6. The number of hydrogen-bond donors (Lipinski definition) is 2. The first-order valence-corrected chi connectivity index (χ1v) is 6.10. The summed E-state index contributed by atoms with van der Waals surface area (Å²) in [5, 5.41) is 2.82. The van der Waals surface area contributed by atoms with Crippen LogP contribution in [0.5, 0.6) is 0 Å². The summed E-state index contributed by atoms with van der Waals surface area (Å²) in [6.45, 7) is 11.5. The lowest BCUT2D eigenvalue weighted by Gasteiger charge is -2.32. The highest BCUT2D eigenvalue weighted by Gasteiger charge is 2.28. The van der Waals surface area contributed by atoms with Crippen LogP contribution >= 0.6 is 12.2 Å². The number of hydrogen-bond acceptors (Lipinski definition) is 3. The number of amides is 1. The molecule has 17 heavy (non-hydrogen) atoms. The van der Waals surface area contributed by atoms with E-state index < -0.39 is 11.7 Å². The molecule has 0 aromatic carbocycles. The van der Waals surface area contributed by atoms with E-state index in [9.17, 15) is 4.79 Å². The maximum Gasteiger partial charge on any atom is 0.407 e. The Morgan fingerprint density at radius 2 is 1.76 bits per heavy atom. The average Bonchev–Trinajstić information content (AvgIpc) is 1.95. The van der Waals surface area contributed by atoms with Crippen molar-refractivity contribution in [2.45, 2.75) is 59.6 Å². The Kier molecular flexibility index (Phi) is 5.39. The van der Waals surface area contributed by atoms with Crippen molar-refractivity contribution in [1.82, 2.24) is 5.32 Å². The van der Waals surface area contributed by atoms with Crippen LogP contribution in [0.3, 0.4) is 0 Å². The quantitative estimate of drug-likeness (QED) is 0.766. The van der Waals surface area contributed by atoms with Gasteiger partial charge in [0.1, 0.15) is 5.60 Å². The second kappa shape index (κ2) is 5.67. The van der Waals surface area contributed by atoms with E-state index >= 15 is 0 Å². The summed E-state index contributed by atoms with van der Waals surface area (Å²) in [4.78, 5) is 12.1. The van der Waals surface area contributed by atoms with Crippen molar-refractivity contribution in [3.05, 3.63) is 0 Å². The van der Waals surface area contributed by atoms with E-state index in [1.54, 1.807) is 0 Å². The first-order chi connectivity index (χ1) is 7.42. The van der Waals surface area contributed by atoms with Gasteiger partial charge in [0.15, 0.2) is 0 Å². The Hall–Kier alpha value is -0.840. The lowest BCUT2D eigenvalue weighted by molar-refractivity contribution is 0.0467. The Morgan fingerprint density at radius 1 is 1.29 bits per heavy atom. The van der Waals surface area contributed by atoms with Gasteiger partial charge in [-0.3, -0.25) is 0 Å². The SMILES string of the molecule is CC(C)(C)OC(=O)NC(CC(N)=S)C(C)(C)C. The molecule has 0 spiro atoms. The van der Waals surface area contributed by atoms with Crippen LogP contribution in [0.1, 0.15) is 48.0 Å². The summed E-state index contributed by atoms with van der Waals surface area (Å²) in [7, 11) is 0. The van der Waals surface area contributed by atoms with Crippen molar-refractivity contribution in [2.24, 2.45) is 11.1 Å². The number of alkyl carbamates (subject to hydrolysis) is 1. The minimum atomic E-state index is -0.504. The van der Waals surface area contributed by atoms with E-state index in [2.05, 4.69) is 5.32 Å². The van der Waals surface area contributed by atoms with Crippen LogP contribution in [-0.4, -0.2) is 22.7 Å². The van der Waals surface area contributed by atoms with Gasteiger partial charge >= 0.3 is 6.09 Å². The van der Waals surface area contributed by atoms with Crippen LogP contribution in [0.2, 0.25) is 0 Å². The molecule has 3 N–H and O–H groups in total. The molecule has 0 aliphatic rings. The molecule has 5 heteroatoms. The van der Waals surface area contributed by atoms with Gasteiger partial charge in [-0.05, 0) is 26.2 Å². The van der Waals surface area contributed by atoms with E-state index in [0.717, 1.165) is 0 Å². The Labute approximate surface area is 109 Å². The lowest BCUT2D eigenvalue weighted by atomic mass is 9.85. The number of carbonyl (C=O) groups excluding carboxylic acids is 1. The van der Waals surface area contributed by atoms with Crippen LogP contribution in [-0.2, 0) is 4.74 Å². The standard InChI is InChI=1S/C12H24N2O2S/c1-11(2,3)8(7-9(13)17)14-10(15)16-12(4,5)6/h8H,7H2,1-6H3,(H2,13,17)(H,14,15). The Balaban J connectivity index is 4.55. The van der Waals surface area contributed by atoms with E-state index in [1.165, 1.54) is 0 Å². The van der Waals surface area contributed by atoms with Crippen LogP contribution in [0.25, 0.3) is 0 Å². The van der Waals surface area contributed by atoms with Crippen LogP contribution < -0.4 is 11.1 Å². The fraction of sp³-hybridized carbons (Fsp3) is 0.833. The third-order valence-electron chi connectivity index (χ3n) is 2.14. The molecule has 4 nitrogen and oxygen atoms in total. The third kappa shape index (κ3) is 7.96. The minimum absolute atomic E-state index is 0.125. The summed E-state index contributed by atoms with van der Waals surface area (Å²) < 4.78 is 5.21. The molecule has 0 aliphatic carbocycles. The molecule has 0 aromatic rings. The number of nitrogens with two attached hydrogens (primary N) is 1. The number of thiocarbonyl (C=S) groups is 1. The Bertz CT molecular complexity index is 290. The van der Waals surface area contributed by atoms with E-state index in [1.807, 2.05) is 41.5 Å². The van der Waals surface area contributed by atoms with Gasteiger partial charge < -0.3 is 15.8 Å². The van der Waals surface area contributed by atoms with Gasteiger partial charge in [0.25, 0.3) is 0 Å². The van der Waals surface area contributed by atoms with Crippen molar-refractivity contribution in [2.75, 3.05) is 0 Å². The summed E-state index contributed by atoms with van der Waals surface area (Å²) in [5.74, 6) is 0. The van der Waals surface area contributed by atoms with Gasteiger partial charge in [-0.2, -0.15) is 0 Å². The molecule has 0 rings (SSSR count). The van der Waals surface area contributed by atoms with Gasteiger partial charge in [0.2, 0.25) is 0 Å². The minimum Gasteiger partial charge on any atom is -0.444 e. The fourth-order valence-corrected chi connectivity index (χ4v) is 1.39. The van der Waals surface area contributed by atoms with Gasteiger partial charge in [-0.25, -0.2) is 4.79 Å². The van der Waals surface area contributed by atoms with Gasteiger partial charge in [0.05, 0.1) is 4.99 Å².